The molecule has 0 spiro atoms. The largest absolute Gasteiger partial charge is 0.327 e. The van der Waals surface area contributed by atoms with E-state index in [1.165, 1.54) is 12.0 Å². The fourth-order valence-electron chi connectivity index (χ4n) is 2.36. The predicted molar refractivity (Wildman–Crippen MR) is 73.6 cm³/mol. The van der Waals surface area contributed by atoms with Gasteiger partial charge >= 0.3 is 6.03 Å². The van der Waals surface area contributed by atoms with Crippen molar-refractivity contribution in [3.63, 3.8) is 0 Å². The van der Waals surface area contributed by atoms with Crippen LogP contribution in [0.15, 0.2) is 30.3 Å². The maximum absolute atomic E-state index is 12.2. The van der Waals surface area contributed by atoms with Gasteiger partial charge in [0.25, 0.3) is 0 Å². The monoisotopic (exact) mass is 246 g/mol. The van der Waals surface area contributed by atoms with Gasteiger partial charge in [-0.2, -0.15) is 0 Å². The van der Waals surface area contributed by atoms with Crippen molar-refractivity contribution in [3.8, 4) is 0 Å². The number of carbonyl (C=O) groups excluding carboxylic acids is 1. The molecule has 0 aliphatic carbocycles. The number of hydrogen-bond acceptors (Lipinski definition) is 1. The smallest absolute Gasteiger partial charge is 0.319 e. The number of piperidine rings is 1. The molecule has 1 aromatic rings. The lowest BCUT2D eigenvalue weighted by atomic mass is 10.1. The third kappa shape index (κ3) is 3.49. The van der Waals surface area contributed by atoms with Crippen LogP contribution in [0.25, 0.3) is 0 Å². The van der Waals surface area contributed by atoms with E-state index < -0.39 is 0 Å². The molecule has 98 valence electrons. The van der Waals surface area contributed by atoms with Crippen molar-refractivity contribution in [2.45, 2.75) is 25.7 Å². The van der Waals surface area contributed by atoms with Crippen LogP contribution < -0.4 is 0 Å². The lowest BCUT2D eigenvalue weighted by Gasteiger charge is -2.31. The van der Waals surface area contributed by atoms with E-state index in [1.54, 1.807) is 0 Å². The second-order valence-corrected chi connectivity index (χ2v) is 4.99. The minimum Gasteiger partial charge on any atom is -0.327 e. The van der Waals surface area contributed by atoms with Crippen LogP contribution in [-0.4, -0.2) is 42.5 Å². The maximum atomic E-state index is 12.2. The number of carbonyl (C=O) groups is 1. The van der Waals surface area contributed by atoms with Gasteiger partial charge in [0, 0.05) is 26.7 Å². The molecular formula is C15H22N2O. The number of likely N-dealkylation sites (N-methyl/N-ethyl adjacent to an activating group) is 1. The summed E-state index contributed by atoms with van der Waals surface area (Å²) < 4.78 is 0. The molecule has 1 fully saturated rings. The second-order valence-electron chi connectivity index (χ2n) is 4.99. The molecule has 1 heterocycles. The minimum atomic E-state index is 0.186. The molecule has 0 unspecified atom stereocenters. The van der Waals surface area contributed by atoms with Crippen LogP contribution in [-0.2, 0) is 6.42 Å². The molecule has 1 saturated heterocycles. The fraction of sp³-hybridized carbons (Fsp3) is 0.533. The molecule has 18 heavy (non-hydrogen) atoms. The highest BCUT2D eigenvalue weighted by atomic mass is 16.2. The normalized spacial score (nSPS) is 15.5. The van der Waals surface area contributed by atoms with Gasteiger partial charge < -0.3 is 9.80 Å². The summed E-state index contributed by atoms with van der Waals surface area (Å²) in [5.41, 5.74) is 1.29. The van der Waals surface area contributed by atoms with Gasteiger partial charge in [-0.3, -0.25) is 0 Å². The zero-order valence-corrected chi connectivity index (χ0v) is 11.1. The molecule has 2 rings (SSSR count). The summed E-state index contributed by atoms with van der Waals surface area (Å²) in [5, 5.41) is 0. The van der Waals surface area contributed by atoms with Gasteiger partial charge in [0.2, 0.25) is 0 Å². The molecule has 0 aromatic heterocycles. The Labute approximate surface area is 109 Å². The molecule has 0 saturated carbocycles. The highest BCUT2D eigenvalue weighted by Gasteiger charge is 2.19. The first-order valence-corrected chi connectivity index (χ1v) is 6.81. The van der Waals surface area contributed by atoms with Gasteiger partial charge in [0.15, 0.2) is 0 Å². The number of benzene rings is 1. The summed E-state index contributed by atoms with van der Waals surface area (Å²) in [4.78, 5) is 16.0. The summed E-state index contributed by atoms with van der Waals surface area (Å²) in [5.74, 6) is 0. The molecule has 0 bridgehead atoms. The predicted octanol–water partition coefficient (Wildman–Crippen LogP) is 2.77. The van der Waals surface area contributed by atoms with Gasteiger partial charge in [0.1, 0.15) is 0 Å². The van der Waals surface area contributed by atoms with Crippen LogP contribution in [0, 0.1) is 0 Å². The average molecular weight is 246 g/mol. The molecule has 1 aliphatic rings. The van der Waals surface area contributed by atoms with E-state index in [2.05, 4.69) is 12.1 Å². The van der Waals surface area contributed by atoms with Crippen LogP contribution in [0.4, 0.5) is 4.79 Å². The number of nitrogens with zero attached hydrogens (tertiary/aromatic N) is 2. The lowest BCUT2D eigenvalue weighted by Crippen LogP contribution is -2.44. The van der Waals surface area contributed by atoms with Gasteiger partial charge in [-0.1, -0.05) is 30.3 Å². The highest BCUT2D eigenvalue weighted by Crippen LogP contribution is 2.11. The summed E-state index contributed by atoms with van der Waals surface area (Å²) in [6.07, 6.45) is 4.49. The van der Waals surface area contributed by atoms with Crippen LogP contribution in [0.5, 0.6) is 0 Å². The van der Waals surface area contributed by atoms with Gasteiger partial charge in [-0.15, -0.1) is 0 Å². The van der Waals surface area contributed by atoms with Crippen LogP contribution in [0.1, 0.15) is 24.8 Å². The topological polar surface area (TPSA) is 23.6 Å². The molecule has 2 amide bonds. The zero-order valence-electron chi connectivity index (χ0n) is 11.1. The van der Waals surface area contributed by atoms with Crippen molar-refractivity contribution in [2.24, 2.45) is 0 Å². The Kier molecular flexibility index (Phi) is 4.62. The van der Waals surface area contributed by atoms with E-state index in [-0.39, 0.29) is 6.03 Å². The quantitative estimate of drug-likeness (QED) is 0.804. The Bertz CT molecular complexity index is 371. The van der Waals surface area contributed by atoms with E-state index in [4.69, 9.17) is 0 Å². The van der Waals surface area contributed by atoms with E-state index >= 15 is 0 Å². The number of rotatable bonds is 3. The first-order chi connectivity index (χ1) is 8.77. The van der Waals surface area contributed by atoms with Gasteiger partial charge in [-0.25, -0.2) is 4.79 Å². The number of urea groups is 1. The standard InChI is InChI=1S/C15H22N2O/c1-16(13-10-14-8-4-2-5-9-14)15(18)17-11-6-3-7-12-17/h2,4-5,8-9H,3,6-7,10-13H2,1H3. The zero-order chi connectivity index (χ0) is 12.8. The SMILES string of the molecule is CN(CCc1ccccc1)C(=O)N1CCCCC1. The first-order valence-electron chi connectivity index (χ1n) is 6.81. The summed E-state index contributed by atoms with van der Waals surface area (Å²) in [6.45, 7) is 2.64. The van der Waals surface area contributed by atoms with Crippen molar-refractivity contribution < 1.29 is 4.79 Å². The van der Waals surface area contributed by atoms with Gasteiger partial charge in [-0.05, 0) is 31.2 Å². The van der Waals surface area contributed by atoms with Crippen molar-refractivity contribution in [1.82, 2.24) is 9.80 Å². The average Bonchev–Trinajstić information content (AvgIpc) is 2.46. The molecule has 1 aliphatic heterocycles. The Morgan fingerprint density at radius 2 is 1.83 bits per heavy atom. The third-order valence-electron chi connectivity index (χ3n) is 3.53. The maximum Gasteiger partial charge on any atom is 0.319 e. The van der Waals surface area contributed by atoms with Crippen molar-refractivity contribution >= 4 is 6.03 Å². The van der Waals surface area contributed by atoms with Crippen molar-refractivity contribution in [2.75, 3.05) is 26.7 Å². The molecule has 3 nitrogen and oxygen atoms in total. The number of likely N-dealkylation sites (tertiary alicyclic amines) is 1. The Morgan fingerprint density at radius 3 is 2.50 bits per heavy atom. The van der Waals surface area contributed by atoms with Gasteiger partial charge in [0.05, 0.1) is 0 Å². The van der Waals surface area contributed by atoms with E-state index in [0.29, 0.717) is 0 Å². The minimum absolute atomic E-state index is 0.186. The highest BCUT2D eigenvalue weighted by molar-refractivity contribution is 5.74. The molecule has 1 aromatic carbocycles. The molecule has 0 N–H and O–H groups in total. The van der Waals surface area contributed by atoms with E-state index in [0.717, 1.165) is 38.9 Å². The van der Waals surface area contributed by atoms with Crippen LogP contribution in [0.3, 0.4) is 0 Å². The van der Waals surface area contributed by atoms with Crippen LogP contribution >= 0.6 is 0 Å². The van der Waals surface area contributed by atoms with E-state index in [9.17, 15) is 4.79 Å². The second kappa shape index (κ2) is 6.43. The Hall–Kier alpha value is -1.51. The van der Waals surface area contributed by atoms with Crippen molar-refractivity contribution in [3.05, 3.63) is 35.9 Å². The van der Waals surface area contributed by atoms with Crippen molar-refractivity contribution in [1.29, 1.82) is 0 Å². The molecule has 3 heteroatoms. The summed E-state index contributed by atoms with van der Waals surface area (Å²) in [7, 11) is 1.90. The summed E-state index contributed by atoms with van der Waals surface area (Å²) >= 11 is 0. The summed E-state index contributed by atoms with van der Waals surface area (Å²) in [6, 6.07) is 10.5. The molecule has 0 radical (unpaired) electrons. The number of amides is 2. The number of hydrogen-bond donors (Lipinski definition) is 0. The van der Waals surface area contributed by atoms with E-state index in [1.807, 2.05) is 35.0 Å². The molecular weight excluding hydrogens is 224 g/mol. The third-order valence-corrected chi connectivity index (χ3v) is 3.53. The molecule has 0 atom stereocenters. The first kappa shape index (κ1) is 12.9. The Balaban J connectivity index is 1.80. The fourth-order valence-corrected chi connectivity index (χ4v) is 2.36. The lowest BCUT2D eigenvalue weighted by molar-refractivity contribution is 0.153. The van der Waals surface area contributed by atoms with Crippen LogP contribution in [0.2, 0.25) is 0 Å². The Morgan fingerprint density at radius 1 is 1.17 bits per heavy atom.